The molecule has 0 saturated carbocycles. The normalized spacial score (nSPS) is 18.9. The molecule has 1 saturated heterocycles. The van der Waals surface area contributed by atoms with Gasteiger partial charge in [-0.2, -0.15) is 0 Å². The Balaban J connectivity index is 1.64. The molecule has 4 rings (SSSR count). The summed E-state index contributed by atoms with van der Waals surface area (Å²) in [5.41, 5.74) is 3.30. The summed E-state index contributed by atoms with van der Waals surface area (Å²) >= 11 is 0. The predicted octanol–water partition coefficient (Wildman–Crippen LogP) is 2.76. The number of aromatic nitrogens is 2. The molecule has 1 aromatic heterocycles. The third-order valence-corrected chi connectivity index (χ3v) is 5.04. The molecule has 3 N–H and O–H groups in total. The number of aliphatic carboxylic acids is 1. The molecular formula is C23H21N3O5. The maximum absolute atomic E-state index is 12.7. The highest BCUT2D eigenvalue weighted by Crippen LogP contribution is 2.34. The van der Waals surface area contributed by atoms with Crippen molar-refractivity contribution in [3.8, 4) is 0 Å². The minimum absolute atomic E-state index is 0.231. The molecule has 1 fully saturated rings. The van der Waals surface area contributed by atoms with Gasteiger partial charge in [0.25, 0.3) is 0 Å². The van der Waals surface area contributed by atoms with Gasteiger partial charge in [-0.15, -0.1) is 0 Å². The summed E-state index contributed by atoms with van der Waals surface area (Å²) in [6.45, 7) is 3.82. The van der Waals surface area contributed by atoms with Gasteiger partial charge in [0.15, 0.2) is 0 Å². The van der Waals surface area contributed by atoms with Crippen molar-refractivity contribution in [2.75, 3.05) is 11.9 Å². The third-order valence-electron chi connectivity index (χ3n) is 5.04. The fourth-order valence-electron chi connectivity index (χ4n) is 3.51. The zero-order chi connectivity index (χ0) is 22.0. The molecular weight excluding hydrogens is 398 g/mol. The number of nitrogens with one attached hydrogen (secondary N) is 1. The van der Waals surface area contributed by atoms with E-state index in [9.17, 15) is 14.7 Å². The Bertz CT molecular complexity index is 1200. The fourth-order valence-corrected chi connectivity index (χ4v) is 3.51. The van der Waals surface area contributed by atoms with Crippen LogP contribution >= 0.6 is 0 Å². The average molecular weight is 419 g/mol. The lowest BCUT2D eigenvalue weighted by atomic mass is 10.1. The number of nitrogens with zero attached hydrogens (tertiary/aromatic N) is 2. The van der Waals surface area contributed by atoms with Crippen LogP contribution in [0.25, 0.3) is 17.1 Å². The van der Waals surface area contributed by atoms with E-state index in [-0.39, 0.29) is 18.0 Å². The van der Waals surface area contributed by atoms with Crippen LogP contribution in [-0.4, -0.2) is 44.2 Å². The van der Waals surface area contributed by atoms with Crippen molar-refractivity contribution in [1.82, 2.24) is 9.55 Å². The highest BCUT2D eigenvalue weighted by atomic mass is 16.5. The van der Waals surface area contributed by atoms with Crippen LogP contribution in [0.2, 0.25) is 0 Å². The Labute approximate surface area is 178 Å². The number of rotatable bonds is 7. The van der Waals surface area contributed by atoms with Gasteiger partial charge < -0.3 is 20.3 Å². The number of carbonyl (C=O) groups excluding carboxylic acids is 1. The lowest BCUT2D eigenvalue weighted by molar-refractivity contribution is -0.131. The number of carboxylic acids is 1. The first-order valence-corrected chi connectivity index (χ1v) is 9.68. The molecule has 0 amide bonds. The number of carboxylic acid groups (broad SMARTS) is 1. The van der Waals surface area contributed by atoms with Crippen molar-refractivity contribution in [3.63, 3.8) is 0 Å². The van der Waals surface area contributed by atoms with Gasteiger partial charge in [0.1, 0.15) is 6.10 Å². The molecule has 3 aromatic rings. The summed E-state index contributed by atoms with van der Waals surface area (Å²) in [7, 11) is 0. The second-order valence-electron chi connectivity index (χ2n) is 7.11. The molecule has 2 aromatic carbocycles. The van der Waals surface area contributed by atoms with Crippen LogP contribution in [0.4, 0.5) is 5.95 Å². The van der Waals surface area contributed by atoms with Gasteiger partial charge >= 0.3 is 5.97 Å². The van der Waals surface area contributed by atoms with Crippen molar-refractivity contribution in [3.05, 3.63) is 77.9 Å². The quantitative estimate of drug-likeness (QED) is 0.505. The molecule has 2 heterocycles. The molecule has 0 radical (unpaired) electrons. The number of hydrogen-bond acceptors (Lipinski definition) is 6. The van der Waals surface area contributed by atoms with Gasteiger partial charge in [-0.05, 0) is 35.4 Å². The smallest absolute Gasteiger partial charge is 0.328 e. The SMILES string of the molecule is C=C1C(=O)[C@H](n2c(NCc3cccc(/C=C/C(=O)O)c3)nc3ccccc32)O[C@@H]1CO. The molecule has 0 unspecified atom stereocenters. The number of fused-ring (bicyclic) bond motifs is 1. The number of para-hydroxylation sites is 2. The highest BCUT2D eigenvalue weighted by molar-refractivity contribution is 6.01. The van der Waals surface area contributed by atoms with Gasteiger partial charge in [-0.3, -0.25) is 9.36 Å². The first-order chi connectivity index (χ1) is 15.0. The lowest BCUT2D eigenvalue weighted by Gasteiger charge is -2.16. The van der Waals surface area contributed by atoms with E-state index in [1.165, 1.54) is 6.08 Å². The number of carbonyl (C=O) groups is 2. The van der Waals surface area contributed by atoms with Crippen molar-refractivity contribution >= 4 is 34.8 Å². The van der Waals surface area contributed by atoms with E-state index in [0.29, 0.717) is 23.5 Å². The molecule has 8 heteroatoms. The molecule has 158 valence electrons. The van der Waals surface area contributed by atoms with Crippen molar-refractivity contribution in [1.29, 1.82) is 0 Å². The van der Waals surface area contributed by atoms with Crippen LogP contribution in [0.15, 0.2) is 66.8 Å². The van der Waals surface area contributed by atoms with Gasteiger partial charge in [-0.25, -0.2) is 9.78 Å². The van der Waals surface area contributed by atoms with E-state index < -0.39 is 18.3 Å². The molecule has 2 atom stereocenters. The topological polar surface area (TPSA) is 114 Å². The summed E-state index contributed by atoms with van der Waals surface area (Å²) in [5, 5.41) is 21.5. The zero-order valence-electron chi connectivity index (χ0n) is 16.6. The Morgan fingerprint density at radius 3 is 2.81 bits per heavy atom. The number of benzene rings is 2. The molecule has 0 bridgehead atoms. The Morgan fingerprint density at radius 1 is 1.26 bits per heavy atom. The fraction of sp³-hybridized carbons (Fsp3) is 0.174. The first kappa shape index (κ1) is 20.5. The predicted molar refractivity (Wildman–Crippen MR) is 115 cm³/mol. The number of ether oxygens (including phenoxy) is 1. The average Bonchev–Trinajstić information content (AvgIpc) is 3.28. The van der Waals surface area contributed by atoms with Gasteiger partial charge in [-0.1, -0.05) is 36.9 Å². The maximum Gasteiger partial charge on any atom is 0.328 e. The summed E-state index contributed by atoms with van der Waals surface area (Å²) in [6, 6.07) is 14.8. The number of imidazole rings is 1. The number of aliphatic hydroxyl groups excluding tert-OH is 1. The maximum atomic E-state index is 12.7. The summed E-state index contributed by atoms with van der Waals surface area (Å²) in [5.74, 6) is -0.871. The van der Waals surface area contributed by atoms with Gasteiger partial charge in [0.2, 0.25) is 18.0 Å². The Morgan fingerprint density at radius 2 is 2.06 bits per heavy atom. The van der Waals surface area contributed by atoms with Crippen LogP contribution in [-0.2, 0) is 20.9 Å². The van der Waals surface area contributed by atoms with E-state index in [4.69, 9.17) is 9.84 Å². The molecule has 0 spiro atoms. The molecule has 0 aliphatic carbocycles. The van der Waals surface area contributed by atoms with Crippen LogP contribution < -0.4 is 5.32 Å². The van der Waals surface area contributed by atoms with E-state index in [1.807, 2.05) is 48.5 Å². The van der Waals surface area contributed by atoms with E-state index in [1.54, 1.807) is 4.57 Å². The number of anilines is 1. The van der Waals surface area contributed by atoms with Crippen LogP contribution in [0, 0.1) is 0 Å². The molecule has 1 aliphatic rings. The van der Waals surface area contributed by atoms with Gasteiger partial charge in [0, 0.05) is 18.2 Å². The molecule has 31 heavy (non-hydrogen) atoms. The number of hydrogen-bond donors (Lipinski definition) is 3. The van der Waals surface area contributed by atoms with Gasteiger partial charge in [0.05, 0.1) is 17.6 Å². The third kappa shape index (κ3) is 4.11. The minimum atomic E-state index is -1.01. The Hall–Kier alpha value is -3.75. The first-order valence-electron chi connectivity index (χ1n) is 9.68. The number of Topliss-reactive ketones (excluding diaryl/α,β-unsaturated/α-hetero) is 1. The molecule has 1 aliphatic heterocycles. The highest BCUT2D eigenvalue weighted by Gasteiger charge is 2.39. The van der Waals surface area contributed by atoms with Crippen molar-refractivity contribution in [2.24, 2.45) is 0 Å². The summed E-state index contributed by atoms with van der Waals surface area (Å²) < 4.78 is 7.45. The number of aliphatic hydroxyl groups is 1. The monoisotopic (exact) mass is 419 g/mol. The summed E-state index contributed by atoms with van der Waals surface area (Å²) in [6.07, 6.45) is 0.889. The zero-order valence-corrected chi connectivity index (χ0v) is 16.6. The largest absolute Gasteiger partial charge is 0.478 e. The van der Waals surface area contributed by atoms with Crippen LogP contribution in [0.3, 0.4) is 0 Å². The standard InChI is InChI=1S/C23H21N3O5/c1-14-19(13-27)31-22(21(14)30)26-18-8-3-2-7-17(18)25-23(26)24-12-16-6-4-5-15(11-16)9-10-20(28)29/h2-11,19,22,27H,1,12-13H2,(H,24,25)(H,28,29)/b10-9+/t19-,22-/m1/s1. The van der Waals surface area contributed by atoms with E-state index in [0.717, 1.165) is 17.2 Å². The summed E-state index contributed by atoms with van der Waals surface area (Å²) in [4.78, 5) is 28.1. The molecule has 8 nitrogen and oxygen atoms in total. The van der Waals surface area contributed by atoms with Crippen molar-refractivity contribution < 1.29 is 24.5 Å². The van der Waals surface area contributed by atoms with E-state index >= 15 is 0 Å². The second kappa shape index (κ2) is 8.55. The van der Waals surface area contributed by atoms with Crippen LogP contribution in [0.1, 0.15) is 17.4 Å². The Kier molecular flexibility index (Phi) is 5.66. The van der Waals surface area contributed by atoms with Crippen molar-refractivity contribution in [2.45, 2.75) is 18.9 Å². The van der Waals surface area contributed by atoms with Crippen LogP contribution in [0.5, 0.6) is 0 Å². The minimum Gasteiger partial charge on any atom is -0.478 e. The van der Waals surface area contributed by atoms with E-state index in [2.05, 4.69) is 16.9 Å². The second-order valence-corrected chi connectivity index (χ2v) is 7.11. The number of ketones is 1. The lowest BCUT2D eigenvalue weighted by Crippen LogP contribution is -2.19.